The first kappa shape index (κ1) is 22.0. The summed E-state index contributed by atoms with van der Waals surface area (Å²) in [5.74, 6) is -2.63. The summed E-state index contributed by atoms with van der Waals surface area (Å²) in [4.78, 5) is 49.0. The van der Waals surface area contributed by atoms with E-state index in [0.29, 0.717) is 5.56 Å². The summed E-state index contributed by atoms with van der Waals surface area (Å²) in [6.45, 7) is 3.19. The summed E-state index contributed by atoms with van der Waals surface area (Å²) in [6.07, 6.45) is -0.0884. The van der Waals surface area contributed by atoms with Gasteiger partial charge in [0.05, 0.1) is 18.5 Å². The quantitative estimate of drug-likeness (QED) is 0.662. The van der Waals surface area contributed by atoms with Crippen molar-refractivity contribution in [3.05, 3.63) is 71.3 Å². The highest BCUT2D eigenvalue weighted by Gasteiger charge is 2.36. The number of carbonyl (C=O) groups is 4. The smallest absolute Gasteiger partial charge is 0.311 e. The van der Waals surface area contributed by atoms with Crippen LogP contribution in [-0.2, 0) is 19.1 Å². The van der Waals surface area contributed by atoms with Gasteiger partial charge in [-0.3, -0.25) is 29.6 Å². The van der Waals surface area contributed by atoms with Crippen molar-refractivity contribution in [3.63, 3.8) is 0 Å². The van der Waals surface area contributed by atoms with Crippen LogP contribution in [0.3, 0.4) is 0 Å². The van der Waals surface area contributed by atoms with Crippen molar-refractivity contribution in [2.75, 3.05) is 13.2 Å². The van der Waals surface area contributed by atoms with Crippen molar-refractivity contribution < 1.29 is 23.9 Å². The van der Waals surface area contributed by atoms with Crippen LogP contribution in [0.25, 0.3) is 0 Å². The van der Waals surface area contributed by atoms with Crippen molar-refractivity contribution in [2.24, 2.45) is 5.92 Å². The third-order valence-electron chi connectivity index (χ3n) is 5.11. The molecule has 3 rings (SSSR count). The highest BCUT2D eigenvalue weighted by atomic mass is 16.5. The Hall–Kier alpha value is -3.68. The molecule has 2 atom stereocenters. The molecule has 0 spiro atoms. The first-order chi connectivity index (χ1) is 14.8. The average molecular weight is 423 g/mol. The Balaban J connectivity index is 1.47. The molecule has 162 valence electrons. The second-order valence-electron chi connectivity index (χ2n) is 7.47. The first-order valence-electron chi connectivity index (χ1n) is 10.0. The molecule has 1 heterocycles. The summed E-state index contributed by atoms with van der Waals surface area (Å²) < 4.78 is 5.09. The first-order valence-corrected chi connectivity index (χ1v) is 10.0. The number of ether oxygens (including phenoxy) is 1. The molecule has 31 heavy (non-hydrogen) atoms. The molecular weight excluding hydrogens is 398 g/mol. The lowest BCUT2D eigenvalue weighted by molar-refractivity contribution is -0.152. The van der Waals surface area contributed by atoms with E-state index in [2.05, 4.69) is 10.7 Å². The van der Waals surface area contributed by atoms with E-state index < -0.39 is 30.3 Å². The van der Waals surface area contributed by atoms with Crippen LogP contribution in [0.4, 0.5) is 0 Å². The molecule has 0 radical (unpaired) electrons. The molecule has 1 aliphatic heterocycles. The number of nitrogens with zero attached hydrogens (tertiary/aromatic N) is 1. The lowest BCUT2D eigenvalue weighted by Gasteiger charge is -2.18. The number of esters is 1. The molecule has 8 nitrogen and oxygen atoms in total. The zero-order chi connectivity index (χ0) is 22.4. The van der Waals surface area contributed by atoms with Gasteiger partial charge in [-0.1, -0.05) is 48.5 Å². The fraction of sp³-hybridized carbons (Fsp3) is 0.304. The summed E-state index contributed by atoms with van der Waals surface area (Å²) in [6, 6.07) is 16.2. The maximum absolute atomic E-state index is 12.4. The summed E-state index contributed by atoms with van der Waals surface area (Å²) >= 11 is 0. The van der Waals surface area contributed by atoms with E-state index in [-0.39, 0.29) is 24.9 Å². The van der Waals surface area contributed by atoms with E-state index in [0.717, 1.165) is 16.1 Å². The van der Waals surface area contributed by atoms with Gasteiger partial charge in [0.2, 0.25) is 5.91 Å². The Bertz CT molecular complexity index is 976. The number of benzene rings is 2. The van der Waals surface area contributed by atoms with Gasteiger partial charge in [-0.15, -0.1) is 0 Å². The van der Waals surface area contributed by atoms with Crippen LogP contribution in [0.5, 0.6) is 0 Å². The molecule has 0 aliphatic carbocycles. The van der Waals surface area contributed by atoms with Crippen LogP contribution in [0, 0.1) is 12.8 Å². The molecular formula is C23H25N3O5. The fourth-order valence-corrected chi connectivity index (χ4v) is 3.35. The Morgan fingerprint density at radius 2 is 1.77 bits per heavy atom. The van der Waals surface area contributed by atoms with Gasteiger partial charge in [-0.25, -0.2) is 0 Å². The Morgan fingerprint density at radius 1 is 1.10 bits per heavy atom. The Labute approximate surface area is 180 Å². The van der Waals surface area contributed by atoms with Crippen LogP contribution >= 0.6 is 0 Å². The number of aryl methyl sites for hydroxylation is 1. The van der Waals surface area contributed by atoms with Gasteiger partial charge in [-0.05, 0) is 31.0 Å². The zero-order valence-corrected chi connectivity index (χ0v) is 17.5. The zero-order valence-electron chi connectivity index (χ0n) is 17.5. The molecule has 1 aliphatic rings. The standard InChI is InChI=1S/C23H25N3O5/c1-15-8-6-7-11-19(15)22(29)25-26-13-18(12-21(26)28)23(30)31-14-20(27)24-16(2)17-9-4-3-5-10-17/h3-11,16,18H,12-14H2,1-2H3,(H,24,27)(H,25,29)/t16-,18-/m0/s1. The number of rotatable bonds is 7. The topological polar surface area (TPSA) is 105 Å². The minimum Gasteiger partial charge on any atom is -0.455 e. The number of hydrogen-bond acceptors (Lipinski definition) is 5. The van der Waals surface area contributed by atoms with Gasteiger partial charge in [0.25, 0.3) is 11.8 Å². The predicted molar refractivity (Wildman–Crippen MR) is 112 cm³/mol. The van der Waals surface area contributed by atoms with Gasteiger partial charge < -0.3 is 10.1 Å². The van der Waals surface area contributed by atoms with Gasteiger partial charge in [0.15, 0.2) is 6.61 Å². The third kappa shape index (κ3) is 5.69. The second-order valence-corrected chi connectivity index (χ2v) is 7.47. The van der Waals surface area contributed by atoms with E-state index >= 15 is 0 Å². The molecule has 0 aromatic heterocycles. The summed E-state index contributed by atoms with van der Waals surface area (Å²) in [5.41, 5.74) is 4.70. The highest BCUT2D eigenvalue weighted by Crippen LogP contribution is 2.18. The summed E-state index contributed by atoms with van der Waals surface area (Å²) in [7, 11) is 0. The molecule has 1 saturated heterocycles. The average Bonchev–Trinajstić information content (AvgIpc) is 3.13. The van der Waals surface area contributed by atoms with Crippen molar-refractivity contribution in [2.45, 2.75) is 26.3 Å². The van der Waals surface area contributed by atoms with Gasteiger partial charge in [0, 0.05) is 12.0 Å². The molecule has 8 heteroatoms. The second kappa shape index (κ2) is 9.88. The Morgan fingerprint density at radius 3 is 2.48 bits per heavy atom. The van der Waals surface area contributed by atoms with Crippen molar-refractivity contribution in [1.82, 2.24) is 15.8 Å². The summed E-state index contributed by atoms with van der Waals surface area (Å²) in [5, 5.41) is 3.88. The number of amides is 3. The largest absolute Gasteiger partial charge is 0.455 e. The number of carbonyl (C=O) groups excluding carboxylic acids is 4. The molecule has 0 unspecified atom stereocenters. The molecule has 1 fully saturated rings. The van der Waals surface area contributed by atoms with Crippen LogP contribution in [-0.4, -0.2) is 41.9 Å². The van der Waals surface area contributed by atoms with Crippen molar-refractivity contribution >= 4 is 23.7 Å². The maximum Gasteiger partial charge on any atom is 0.311 e. The van der Waals surface area contributed by atoms with Crippen LogP contribution in [0.2, 0.25) is 0 Å². The number of hydrogen-bond donors (Lipinski definition) is 2. The highest BCUT2D eigenvalue weighted by molar-refractivity contribution is 5.97. The third-order valence-corrected chi connectivity index (χ3v) is 5.11. The van der Waals surface area contributed by atoms with Crippen LogP contribution in [0.15, 0.2) is 54.6 Å². The van der Waals surface area contributed by atoms with E-state index in [4.69, 9.17) is 4.74 Å². The van der Waals surface area contributed by atoms with Crippen molar-refractivity contribution in [1.29, 1.82) is 0 Å². The van der Waals surface area contributed by atoms with Crippen LogP contribution in [0.1, 0.15) is 40.9 Å². The number of hydrazine groups is 1. The van der Waals surface area contributed by atoms with Crippen LogP contribution < -0.4 is 10.7 Å². The predicted octanol–water partition coefficient (Wildman–Crippen LogP) is 1.91. The monoisotopic (exact) mass is 423 g/mol. The minimum absolute atomic E-state index is 0.00265. The molecule has 2 N–H and O–H groups in total. The number of nitrogens with one attached hydrogen (secondary N) is 2. The van der Waals surface area contributed by atoms with E-state index in [9.17, 15) is 19.2 Å². The van der Waals surface area contributed by atoms with Gasteiger partial charge in [0.1, 0.15) is 0 Å². The van der Waals surface area contributed by atoms with Gasteiger partial charge in [-0.2, -0.15) is 0 Å². The maximum atomic E-state index is 12.4. The molecule has 3 amide bonds. The molecule has 0 saturated carbocycles. The van der Waals surface area contributed by atoms with E-state index in [1.54, 1.807) is 25.1 Å². The Kier molecular flexibility index (Phi) is 7.02. The van der Waals surface area contributed by atoms with Crippen molar-refractivity contribution in [3.8, 4) is 0 Å². The van der Waals surface area contributed by atoms with Gasteiger partial charge >= 0.3 is 5.97 Å². The lowest BCUT2D eigenvalue weighted by atomic mass is 10.1. The van der Waals surface area contributed by atoms with E-state index in [1.165, 1.54) is 0 Å². The normalized spacial score (nSPS) is 16.5. The SMILES string of the molecule is Cc1ccccc1C(=O)NN1C[C@@H](C(=O)OCC(=O)N[C@@H](C)c2ccccc2)CC1=O. The lowest BCUT2D eigenvalue weighted by Crippen LogP contribution is -2.43. The molecule has 2 aromatic rings. The molecule has 0 bridgehead atoms. The molecule has 2 aromatic carbocycles. The van der Waals surface area contributed by atoms with E-state index in [1.807, 2.05) is 43.3 Å². The minimum atomic E-state index is -0.746. The fourth-order valence-electron chi connectivity index (χ4n) is 3.35.